The molecular weight excluding hydrogens is 480 g/mol. The molecule has 3 rings (SSSR count). The Kier molecular flexibility index (Phi) is 7.82. The van der Waals surface area contributed by atoms with Gasteiger partial charge in [0.25, 0.3) is 11.1 Å². The van der Waals surface area contributed by atoms with E-state index in [1.807, 2.05) is 0 Å². The SMILES string of the molecule is CC(C)OC(=O)CN1C(=O)S/C(=C/c2cc(Cl)c(OCc3ccc(F)cc3)c(Cl)c2)C1=O. The third-order valence-corrected chi connectivity index (χ3v) is 5.61. The second-order valence-corrected chi connectivity index (χ2v) is 8.84. The molecule has 2 aromatic carbocycles. The molecule has 0 aliphatic carbocycles. The van der Waals surface area contributed by atoms with E-state index in [4.69, 9.17) is 32.7 Å². The molecule has 0 unspecified atom stereocenters. The van der Waals surface area contributed by atoms with Gasteiger partial charge in [0.15, 0.2) is 5.75 Å². The third kappa shape index (κ3) is 6.03. The number of nitrogens with zero attached hydrogens (tertiary/aromatic N) is 1. The first-order valence-corrected chi connectivity index (χ1v) is 11.0. The van der Waals surface area contributed by atoms with E-state index >= 15 is 0 Å². The molecule has 1 aliphatic heterocycles. The summed E-state index contributed by atoms with van der Waals surface area (Å²) in [5.41, 5.74) is 1.21. The van der Waals surface area contributed by atoms with Gasteiger partial charge in [-0.2, -0.15) is 0 Å². The summed E-state index contributed by atoms with van der Waals surface area (Å²) in [6.07, 6.45) is 1.10. The number of amides is 2. The quantitative estimate of drug-likeness (QED) is 0.360. The Morgan fingerprint density at radius 2 is 1.78 bits per heavy atom. The maximum absolute atomic E-state index is 13.0. The molecule has 0 atom stereocenters. The number of rotatable bonds is 7. The maximum Gasteiger partial charge on any atom is 0.326 e. The molecule has 32 heavy (non-hydrogen) atoms. The molecule has 0 saturated carbocycles. The summed E-state index contributed by atoms with van der Waals surface area (Å²) in [7, 11) is 0. The fourth-order valence-electron chi connectivity index (χ4n) is 2.75. The zero-order valence-corrected chi connectivity index (χ0v) is 19.4. The van der Waals surface area contributed by atoms with Crippen molar-refractivity contribution in [3.05, 3.63) is 68.3 Å². The summed E-state index contributed by atoms with van der Waals surface area (Å²) in [6.45, 7) is 3.01. The van der Waals surface area contributed by atoms with Crippen LogP contribution in [0.4, 0.5) is 9.18 Å². The van der Waals surface area contributed by atoms with E-state index in [0.29, 0.717) is 17.3 Å². The Balaban J connectivity index is 1.73. The lowest BCUT2D eigenvalue weighted by Crippen LogP contribution is -2.35. The number of benzene rings is 2. The average Bonchev–Trinajstić information content (AvgIpc) is 2.95. The number of esters is 1. The number of halogens is 3. The van der Waals surface area contributed by atoms with E-state index in [1.165, 1.54) is 30.3 Å². The summed E-state index contributed by atoms with van der Waals surface area (Å²) in [5, 5.41) is -0.172. The van der Waals surface area contributed by atoms with Crippen LogP contribution in [0.25, 0.3) is 6.08 Å². The number of thioether (sulfide) groups is 1. The lowest BCUT2D eigenvalue weighted by Gasteiger charge is -2.13. The summed E-state index contributed by atoms with van der Waals surface area (Å²) in [6, 6.07) is 8.88. The Morgan fingerprint density at radius 3 is 2.38 bits per heavy atom. The van der Waals surface area contributed by atoms with E-state index in [0.717, 1.165) is 10.5 Å². The molecule has 1 saturated heterocycles. The van der Waals surface area contributed by atoms with Crippen molar-refractivity contribution in [2.45, 2.75) is 26.6 Å². The van der Waals surface area contributed by atoms with Gasteiger partial charge in [-0.15, -0.1) is 0 Å². The number of ether oxygens (including phenoxy) is 2. The van der Waals surface area contributed by atoms with Gasteiger partial charge in [0.2, 0.25) is 0 Å². The standard InChI is InChI=1S/C22H18Cl2FNO5S/c1-12(2)31-19(27)10-26-21(28)18(32-22(26)29)9-14-7-16(23)20(17(24)8-14)30-11-13-3-5-15(25)6-4-13/h3-9,12H,10-11H2,1-2H3/b18-9+. The van der Waals surface area contributed by atoms with E-state index in [-0.39, 0.29) is 39.2 Å². The van der Waals surface area contributed by atoms with Crippen LogP contribution in [-0.2, 0) is 20.9 Å². The first kappa shape index (κ1) is 24.1. The highest BCUT2D eigenvalue weighted by molar-refractivity contribution is 8.18. The van der Waals surface area contributed by atoms with Crippen molar-refractivity contribution >= 4 is 58.2 Å². The van der Waals surface area contributed by atoms with Crippen LogP contribution >= 0.6 is 35.0 Å². The van der Waals surface area contributed by atoms with Gasteiger partial charge in [0, 0.05) is 0 Å². The third-order valence-electron chi connectivity index (χ3n) is 4.14. The highest BCUT2D eigenvalue weighted by atomic mass is 35.5. The molecule has 1 aliphatic rings. The lowest BCUT2D eigenvalue weighted by atomic mass is 10.2. The van der Waals surface area contributed by atoms with Crippen LogP contribution < -0.4 is 4.74 Å². The monoisotopic (exact) mass is 497 g/mol. The van der Waals surface area contributed by atoms with Gasteiger partial charge in [0.05, 0.1) is 21.1 Å². The molecule has 0 spiro atoms. The Labute approximate surface area is 198 Å². The van der Waals surface area contributed by atoms with Crippen LogP contribution in [0.1, 0.15) is 25.0 Å². The minimum atomic E-state index is -0.669. The summed E-state index contributed by atoms with van der Waals surface area (Å²) in [4.78, 5) is 37.5. The van der Waals surface area contributed by atoms with E-state index in [1.54, 1.807) is 26.0 Å². The largest absolute Gasteiger partial charge is 0.486 e. The van der Waals surface area contributed by atoms with Crippen molar-refractivity contribution in [2.24, 2.45) is 0 Å². The zero-order chi connectivity index (χ0) is 23.4. The maximum atomic E-state index is 13.0. The molecular formula is C22H18Cl2FNO5S. The van der Waals surface area contributed by atoms with Gasteiger partial charge < -0.3 is 9.47 Å². The average molecular weight is 498 g/mol. The molecule has 6 nitrogen and oxygen atoms in total. The van der Waals surface area contributed by atoms with Crippen molar-refractivity contribution < 1.29 is 28.2 Å². The lowest BCUT2D eigenvalue weighted by molar-refractivity contribution is -0.149. The summed E-state index contributed by atoms with van der Waals surface area (Å²) in [5.74, 6) is -1.39. The van der Waals surface area contributed by atoms with Gasteiger partial charge in [-0.05, 0) is 67.1 Å². The van der Waals surface area contributed by atoms with Crippen LogP contribution in [-0.4, -0.2) is 34.7 Å². The van der Waals surface area contributed by atoms with E-state index < -0.39 is 23.7 Å². The Hall–Kier alpha value is -2.55. The van der Waals surface area contributed by atoms with Crippen molar-refractivity contribution in [2.75, 3.05) is 6.54 Å². The molecule has 1 heterocycles. The Bertz CT molecular complexity index is 1070. The van der Waals surface area contributed by atoms with Gasteiger partial charge >= 0.3 is 5.97 Å². The van der Waals surface area contributed by atoms with E-state index in [2.05, 4.69) is 0 Å². The molecule has 0 aromatic heterocycles. The number of carbonyl (C=O) groups is 3. The molecule has 1 fully saturated rings. The van der Waals surface area contributed by atoms with Crippen LogP contribution in [0.2, 0.25) is 10.0 Å². The second kappa shape index (κ2) is 10.4. The Morgan fingerprint density at radius 1 is 1.16 bits per heavy atom. The van der Waals surface area contributed by atoms with Gasteiger partial charge in [-0.1, -0.05) is 35.3 Å². The second-order valence-electron chi connectivity index (χ2n) is 7.04. The van der Waals surface area contributed by atoms with Crippen LogP contribution in [0, 0.1) is 5.82 Å². The number of imide groups is 1. The molecule has 10 heteroatoms. The summed E-state index contributed by atoms with van der Waals surface area (Å²) < 4.78 is 23.7. The fraction of sp³-hybridized carbons (Fsp3) is 0.227. The number of hydrogen-bond acceptors (Lipinski definition) is 6. The normalized spacial score (nSPS) is 15.1. The van der Waals surface area contributed by atoms with Crippen LogP contribution in [0.15, 0.2) is 41.3 Å². The highest BCUT2D eigenvalue weighted by Crippen LogP contribution is 2.37. The predicted molar refractivity (Wildman–Crippen MR) is 121 cm³/mol. The zero-order valence-electron chi connectivity index (χ0n) is 17.1. The van der Waals surface area contributed by atoms with Crippen molar-refractivity contribution in [1.82, 2.24) is 4.90 Å². The first-order valence-electron chi connectivity index (χ1n) is 9.45. The number of hydrogen-bond donors (Lipinski definition) is 0. The van der Waals surface area contributed by atoms with Gasteiger partial charge in [-0.25, -0.2) is 4.39 Å². The van der Waals surface area contributed by atoms with Crippen molar-refractivity contribution in [3.63, 3.8) is 0 Å². The molecule has 0 N–H and O–H groups in total. The molecule has 2 aromatic rings. The summed E-state index contributed by atoms with van der Waals surface area (Å²) >= 11 is 13.3. The van der Waals surface area contributed by atoms with Gasteiger partial charge in [-0.3, -0.25) is 19.3 Å². The van der Waals surface area contributed by atoms with Crippen molar-refractivity contribution in [1.29, 1.82) is 0 Å². The van der Waals surface area contributed by atoms with Crippen LogP contribution in [0.5, 0.6) is 5.75 Å². The molecule has 0 bridgehead atoms. The smallest absolute Gasteiger partial charge is 0.326 e. The van der Waals surface area contributed by atoms with Gasteiger partial charge in [0.1, 0.15) is 19.0 Å². The highest BCUT2D eigenvalue weighted by Gasteiger charge is 2.36. The predicted octanol–water partition coefficient (Wildman–Crippen LogP) is 5.70. The molecule has 168 valence electrons. The molecule has 2 amide bonds. The minimum absolute atomic E-state index is 0.125. The van der Waals surface area contributed by atoms with Crippen LogP contribution in [0.3, 0.4) is 0 Å². The fourth-order valence-corrected chi connectivity index (χ4v) is 4.21. The minimum Gasteiger partial charge on any atom is -0.486 e. The number of carbonyl (C=O) groups excluding carboxylic acids is 3. The first-order chi connectivity index (χ1) is 15.1. The topological polar surface area (TPSA) is 72.9 Å². The van der Waals surface area contributed by atoms with Crippen molar-refractivity contribution in [3.8, 4) is 5.75 Å². The van der Waals surface area contributed by atoms with E-state index in [9.17, 15) is 18.8 Å². The molecule has 0 radical (unpaired) electrons.